The fourth-order valence-electron chi connectivity index (χ4n) is 8.53. The highest BCUT2D eigenvalue weighted by molar-refractivity contribution is 5.70. The molecule has 22 heavy (non-hydrogen) atoms. The molecule has 2 aromatic carbocycles. The molecule has 0 aromatic heterocycles. The highest BCUT2D eigenvalue weighted by atomic mass is 14.9. The van der Waals surface area contributed by atoms with Crippen molar-refractivity contribution in [3.63, 3.8) is 0 Å². The van der Waals surface area contributed by atoms with Crippen molar-refractivity contribution < 1.29 is 0 Å². The van der Waals surface area contributed by atoms with Gasteiger partial charge in [0.05, 0.1) is 0 Å². The number of hydrogen-bond acceptors (Lipinski definition) is 0. The molecule has 6 atom stereocenters. The average molecular weight is 284 g/mol. The molecule has 0 spiro atoms. The van der Waals surface area contributed by atoms with Gasteiger partial charge in [0.15, 0.2) is 0 Å². The molecule has 0 unspecified atom stereocenters. The standard InChI is InChI=1S/C22H20/c1-2-6-16-15(5-1)19-12-20(16)22-14-10-9-13(11-14)21(19,22)17-7-3-4-8-18(17)22/h1-8,13-14,19-20H,9-12H2/t13-,14-,19-,20+,21-,22+/m1/s1. The van der Waals surface area contributed by atoms with E-state index < -0.39 is 0 Å². The minimum absolute atomic E-state index is 0.533. The van der Waals surface area contributed by atoms with Gasteiger partial charge in [-0.05, 0) is 71.6 Å². The lowest BCUT2D eigenvalue weighted by molar-refractivity contribution is 0.0775. The first-order chi connectivity index (χ1) is 10.9. The molecule has 3 saturated carbocycles. The Morgan fingerprint density at radius 1 is 0.636 bits per heavy atom. The maximum Gasteiger partial charge on any atom is 0.0159 e. The van der Waals surface area contributed by atoms with Crippen LogP contribution in [0.2, 0.25) is 0 Å². The van der Waals surface area contributed by atoms with Crippen LogP contribution in [0.3, 0.4) is 0 Å². The van der Waals surface area contributed by atoms with Gasteiger partial charge in [-0.3, -0.25) is 0 Å². The van der Waals surface area contributed by atoms with E-state index in [0.717, 1.165) is 23.7 Å². The molecule has 0 aliphatic heterocycles. The summed E-state index contributed by atoms with van der Waals surface area (Å²) >= 11 is 0. The molecule has 4 bridgehead atoms. The van der Waals surface area contributed by atoms with Gasteiger partial charge in [-0.1, -0.05) is 48.5 Å². The van der Waals surface area contributed by atoms with Crippen LogP contribution in [-0.2, 0) is 10.8 Å². The fourth-order valence-corrected chi connectivity index (χ4v) is 8.53. The van der Waals surface area contributed by atoms with Crippen molar-refractivity contribution in [3.05, 3.63) is 70.8 Å². The van der Waals surface area contributed by atoms with Gasteiger partial charge in [0.25, 0.3) is 0 Å². The lowest BCUT2D eigenvalue weighted by atomic mass is 9.37. The van der Waals surface area contributed by atoms with Crippen LogP contribution in [0, 0.1) is 11.8 Å². The largest absolute Gasteiger partial charge is 0.0620 e. The number of benzene rings is 2. The van der Waals surface area contributed by atoms with E-state index in [1.54, 1.807) is 22.3 Å². The molecule has 2 aromatic rings. The van der Waals surface area contributed by atoms with Gasteiger partial charge in [0, 0.05) is 10.8 Å². The van der Waals surface area contributed by atoms with Crippen LogP contribution in [0.5, 0.6) is 0 Å². The van der Waals surface area contributed by atoms with Gasteiger partial charge in [-0.2, -0.15) is 0 Å². The Balaban J connectivity index is 1.64. The predicted octanol–water partition coefficient (Wildman–Crippen LogP) is 4.89. The van der Waals surface area contributed by atoms with E-state index in [0.29, 0.717) is 10.8 Å². The second-order valence-electron chi connectivity index (χ2n) is 8.46. The van der Waals surface area contributed by atoms with Crippen LogP contribution < -0.4 is 0 Å². The molecular weight excluding hydrogens is 264 g/mol. The molecule has 0 amide bonds. The van der Waals surface area contributed by atoms with Gasteiger partial charge in [-0.25, -0.2) is 0 Å². The molecule has 0 radical (unpaired) electrons. The summed E-state index contributed by atoms with van der Waals surface area (Å²) in [5.41, 5.74) is 8.00. The van der Waals surface area contributed by atoms with E-state index in [1.165, 1.54) is 25.7 Å². The first kappa shape index (κ1) is 11.0. The highest BCUT2D eigenvalue weighted by Gasteiger charge is 2.84. The molecule has 5 aliphatic rings. The summed E-state index contributed by atoms with van der Waals surface area (Å²) in [5.74, 6) is 3.57. The Hall–Kier alpha value is -1.56. The Morgan fingerprint density at radius 2 is 1.14 bits per heavy atom. The van der Waals surface area contributed by atoms with Crippen molar-refractivity contribution in [1.82, 2.24) is 0 Å². The van der Waals surface area contributed by atoms with Gasteiger partial charge in [0.2, 0.25) is 0 Å². The molecule has 0 N–H and O–H groups in total. The Kier molecular flexibility index (Phi) is 1.54. The summed E-state index contributed by atoms with van der Waals surface area (Å²) in [7, 11) is 0. The van der Waals surface area contributed by atoms with Crippen LogP contribution in [0.4, 0.5) is 0 Å². The zero-order valence-corrected chi connectivity index (χ0v) is 12.8. The number of rotatable bonds is 0. The lowest BCUT2D eigenvalue weighted by Gasteiger charge is -2.65. The molecule has 108 valence electrons. The van der Waals surface area contributed by atoms with Crippen molar-refractivity contribution in [3.8, 4) is 0 Å². The monoisotopic (exact) mass is 284 g/mol. The summed E-state index contributed by atoms with van der Waals surface area (Å²) in [4.78, 5) is 0. The van der Waals surface area contributed by atoms with Crippen LogP contribution in [-0.4, -0.2) is 0 Å². The number of fused-ring (bicyclic) bond motifs is 8. The SMILES string of the molecule is c1ccc2c(c1)[C@H]1C[C@@H]2[C@]23c4ccccc4[C@]12[C@@H]1CC[C@@H]3C1. The van der Waals surface area contributed by atoms with Crippen LogP contribution in [0.1, 0.15) is 59.8 Å². The van der Waals surface area contributed by atoms with E-state index in [9.17, 15) is 0 Å². The molecule has 7 rings (SSSR count). The molecule has 0 saturated heterocycles. The van der Waals surface area contributed by atoms with Gasteiger partial charge in [0.1, 0.15) is 0 Å². The van der Waals surface area contributed by atoms with Crippen molar-refractivity contribution in [2.24, 2.45) is 11.8 Å². The van der Waals surface area contributed by atoms with Crippen LogP contribution in [0.25, 0.3) is 0 Å². The third-order valence-electron chi connectivity index (χ3n) is 8.54. The molecule has 0 nitrogen and oxygen atoms in total. The zero-order chi connectivity index (χ0) is 14.1. The third-order valence-corrected chi connectivity index (χ3v) is 8.54. The topological polar surface area (TPSA) is 0 Å². The third kappa shape index (κ3) is 0.751. The average Bonchev–Trinajstić information content (AvgIpc) is 3.27. The second-order valence-corrected chi connectivity index (χ2v) is 8.46. The number of hydrogen-bond donors (Lipinski definition) is 0. The van der Waals surface area contributed by atoms with E-state index >= 15 is 0 Å². The van der Waals surface area contributed by atoms with Crippen LogP contribution >= 0.6 is 0 Å². The minimum atomic E-state index is 0.533. The van der Waals surface area contributed by atoms with Crippen molar-refractivity contribution in [2.75, 3.05) is 0 Å². The molecule has 0 heterocycles. The van der Waals surface area contributed by atoms with E-state index in [2.05, 4.69) is 48.5 Å². The molecule has 5 aliphatic carbocycles. The second kappa shape index (κ2) is 3.07. The Morgan fingerprint density at radius 3 is 1.68 bits per heavy atom. The van der Waals surface area contributed by atoms with E-state index in [1.807, 2.05) is 0 Å². The van der Waals surface area contributed by atoms with Crippen molar-refractivity contribution >= 4 is 0 Å². The summed E-state index contributed by atoms with van der Waals surface area (Å²) in [6.07, 6.45) is 5.93. The smallest absolute Gasteiger partial charge is 0.0159 e. The maximum absolute atomic E-state index is 2.48. The summed E-state index contributed by atoms with van der Waals surface area (Å²) < 4.78 is 0. The quantitative estimate of drug-likeness (QED) is 0.646. The zero-order valence-electron chi connectivity index (χ0n) is 12.8. The normalized spacial score (nSPS) is 47.6. The summed E-state index contributed by atoms with van der Waals surface area (Å²) in [6.45, 7) is 0. The first-order valence-electron chi connectivity index (χ1n) is 9.09. The van der Waals surface area contributed by atoms with Gasteiger partial charge in [-0.15, -0.1) is 0 Å². The molecule has 3 fully saturated rings. The Labute approximate surface area is 131 Å². The lowest BCUT2D eigenvalue weighted by Crippen LogP contribution is -2.63. The maximum atomic E-state index is 2.48. The summed E-state index contributed by atoms with van der Waals surface area (Å²) in [6, 6.07) is 19.0. The Bertz CT molecular complexity index is 781. The first-order valence-corrected chi connectivity index (χ1v) is 9.09. The molecular formula is C22H20. The minimum Gasteiger partial charge on any atom is -0.0620 e. The fraction of sp³-hybridized carbons (Fsp3) is 0.455. The van der Waals surface area contributed by atoms with Crippen molar-refractivity contribution in [1.29, 1.82) is 0 Å². The van der Waals surface area contributed by atoms with Crippen molar-refractivity contribution in [2.45, 2.75) is 48.3 Å². The summed E-state index contributed by atoms with van der Waals surface area (Å²) in [5, 5.41) is 0. The van der Waals surface area contributed by atoms with E-state index in [4.69, 9.17) is 0 Å². The van der Waals surface area contributed by atoms with Crippen LogP contribution in [0.15, 0.2) is 48.5 Å². The highest BCUT2D eigenvalue weighted by Crippen LogP contribution is 2.88. The van der Waals surface area contributed by atoms with Gasteiger partial charge >= 0.3 is 0 Å². The molecule has 0 heteroatoms. The van der Waals surface area contributed by atoms with E-state index in [-0.39, 0.29) is 0 Å². The van der Waals surface area contributed by atoms with Gasteiger partial charge < -0.3 is 0 Å². The predicted molar refractivity (Wildman–Crippen MR) is 87.2 cm³/mol.